The second-order valence-electron chi connectivity index (χ2n) is 5.33. The van der Waals surface area contributed by atoms with Crippen LogP contribution in [-0.4, -0.2) is 17.6 Å². The van der Waals surface area contributed by atoms with Crippen molar-refractivity contribution in [3.63, 3.8) is 0 Å². The van der Waals surface area contributed by atoms with Gasteiger partial charge in [0, 0.05) is 18.2 Å². The van der Waals surface area contributed by atoms with Gasteiger partial charge in [0.05, 0.1) is 0 Å². The molecule has 0 heterocycles. The summed E-state index contributed by atoms with van der Waals surface area (Å²) in [6.07, 6.45) is 2.05. The highest BCUT2D eigenvalue weighted by Crippen LogP contribution is 2.22. The number of hydrogen-bond acceptors (Lipinski definition) is 3. The van der Waals surface area contributed by atoms with E-state index in [4.69, 9.17) is 10.8 Å². The van der Waals surface area contributed by atoms with Crippen LogP contribution in [-0.2, 0) is 4.79 Å². The Morgan fingerprint density at radius 2 is 2.10 bits per heavy atom. The van der Waals surface area contributed by atoms with Crippen molar-refractivity contribution >= 4 is 11.6 Å². The number of amides is 1. The molecule has 1 rings (SSSR count). The first kappa shape index (κ1) is 16.4. The third-order valence-corrected chi connectivity index (χ3v) is 3.45. The Bertz CT molecular complexity index is 449. The molecule has 0 aliphatic heterocycles. The number of phenols is 1. The summed E-state index contributed by atoms with van der Waals surface area (Å²) in [5.74, 6) is -0.422. The molecule has 4 nitrogen and oxygen atoms in total. The third kappa shape index (κ3) is 5.17. The lowest BCUT2D eigenvalue weighted by Gasteiger charge is -2.19. The van der Waals surface area contributed by atoms with Crippen LogP contribution in [0.3, 0.4) is 0 Å². The molecule has 20 heavy (non-hydrogen) atoms. The van der Waals surface area contributed by atoms with Crippen molar-refractivity contribution in [3.05, 3.63) is 24.0 Å². The van der Waals surface area contributed by atoms with E-state index in [9.17, 15) is 9.18 Å². The van der Waals surface area contributed by atoms with Crippen LogP contribution in [0.4, 0.5) is 10.1 Å². The Hall–Kier alpha value is -1.62. The fraction of sp³-hybridized carbons (Fsp3) is 0.533. The Morgan fingerprint density at radius 3 is 2.65 bits per heavy atom. The number of carbonyl (C=O) groups is 1. The minimum atomic E-state index is -0.744. The van der Waals surface area contributed by atoms with E-state index in [1.165, 1.54) is 12.1 Å². The predicted molar refractivity (Wildman–Crippen MR) is 77.9 cm³/mol. The average molecular weight is 282 g/mol. The van der Waals surface area contributed by atoms with Crippen LogP contribution in [0.25, 0.3) is 0 Å². The minimum Gasteiger partial charge on any atom is -0.505 e. The molecule has 0 radical (unpaired) electrons. The van der Waals surface area contributed by atoms with Crippen molar-refractivity contribution in [2.24, 2.45) is 17.6 Å². The number of hydrogen-bond donors (Lipinski definition) is 3. The van der Waals surface area contributed by atoms with Crippen molar-refractivity contribution in [1.82, 2.24) is 0 Å². The lowest BCUT2D eigenvalue weighted by atomic mass is 9.88. The highest BCUT2D eigenvalue weighted by atomic mass is 19.1. The van der Waals surface area contributed by atoms with E-state index in [0.717, 1.165) is 18.9 Å². The predicted octanol–water partition coefficient (Wildman–Crippen LogP) is 2.87. The maximum Gasteiger partial charge on any atom is 0.224 e. The number of rotatable bonds is 7. The Labute approximate surface area is 119 Å². The molecule has 1 aromatic carbocycles. The van der Waals surface area contributed by atoms with Gasteiger partial charge in [0.1, 0.15) is 0 Å². The van der Waals surface area contributed by atoms with Crippen LogP contribution >= 0.6 is 0 Å². The van der Waals surface area contributed by atoms with E-state index in [0.29, 0.717) is 30.5 Å². The van der Waals surface area contributed by atoms with E-state index < -0.39 is 11.6 Å². The molecule has 0 bridgehead atoms. The van der Waals surface area contributed by atoms with E-state index in [1.807, 2.05) is 0 Å². The second kappa shape index (κ2) is 7.85. The summed E-state index contributed by atoms with van der Waals surface area (Å²) in [4.78, 5) is 11.8. The molecule has 1 aromatic rings. The fourth-order valence-electron chi connectivity index (χ4n) is 2.15. The number of aromatic hydroxyl groups is 1. The SMILES string of the molecule is CC(C)C(CCN)CCC(=O)Nc1ccc(O)c(F)c1. The number of anilines is 1. The maximum atomic E-state index is 13.1. The summed E-state index contributed by atoms with van der Waals surface area (Å²) in [5.41, 5.74) is 5.91. The summed E-state index contributed by atoms with van der Waals surface area (Å²) >= 11 is 0. The first-order valence-electron chi connectivity index (χ1n) is 6.92. The first-order valence-corrected chi connectivity index (χ1v) is 6.92. The Balaban J connectivity index is 2.48. The normalized spacial score (nSPS) is 12.4. The standard InChI is InChI=1S/C15H23FN2O2/c1-10(2)11(7-8-17)3-6-15(20)18-12-4-5-14(19)13(16)9-12/h4-5,9-11,19H,3,6-8,17H2,1-2H3,(H,18,20). The second-order valence-corrected chi connectivity index (χ2v) is 5.33. The molecule has 0 saturated heterocycles. The van der Waals surface area contributed by atoms with Gasteiger partial charge in [0.15, 0.2) is 11.6 Å². The van der Waals surface area contributed by atoms with Gasteiger partial charge in [0.2, 0.25) is 5.91 Å². The highest BCUT2D eigenvalue weighted by Gasteiger charge is 2.14. The molecule has 112 valence electrons. The van der Waals surface area contributed by atoms with E-state index in [2.05, 4.69) is 19.2 Å². The number of nitrogens with one attached hydrogen (secondary N) is 1. The molecule has 0 spiro atoms. The molecule has 0 saturated carbocycles. The van der Waals surface area contributed by atoms with Crippen molar-refractivity contribution < 1.29 is 14.3 Å². The molecule has 1 amide bonds. The smallest absolute Gasteiger partial charge is 0.224 e. The summed E-state index contributed by atoms with van der Waals surface area (Å²) in [6, 6.07) is 3.79. The summed E-state index contributed by atoms with van der Waals surface area (Å²) in [5, 5.41) is 11.7. The van der Waals surface area contributed by atoms with Crippen molar-refractivity contribution in [1.29, 1.82) is 0 Å². The number of halogens is 1. The summed E-state index contributed by atoms with van der Waals surface area (Å²) < 4.78 is 13.1. The lowest BCUT2D eigenvalue weighted by molar-refractivity contribution is -0.116. The van der Waals surface area contributed by atoms with E-state index >= 15 is 0 Å². The maximum absolute atomic E-state index is 13.1. The number of phenolic OH excluding ortho intramolecular Hbond substituents is 1. The zero-order chi connectivity index (χ0) is 15.1. The van der Waals surface area contributed by atoms with Gasteiger partial charge in [-0.3, -0.25) is 4.79 Å². The molecule has 0 aliphatic carbocycles. The molecular formula is C15H23FN2O2. The van der Waals surface area contributed by atoms with Gasteiger partial charge in [0.25, 0.3) is 0 Å². The van der Waals surface area contributed by atoms with Crippen LogP contribution < -0.4 is 11.1 Å². The van der Waals surface area contributed by atoms with Crippen molar-refractivity contribution in [2.45, 2.75) is 33.1 Å². The quantitative estimate of drug-likeness (QED) is 0.673. The van der Waals surface area contributed by atoms with Gasteiger partial charge in [-0.1, -0.05) is 13.8 Å². The van der Waals surface area contributed by atoms with E-state index in [1.54, 1.807) is 0 Å². The number of nitrogens with two attached hydrogens (primary N) is 1. The molecular weight excluding hydrogens is 259 g/mol. The summed E-state index contributed by atoms with van der Waals surface area (Å²) in [7, 11) is 0. The van der Waals surface area contributed by atoms with Crippen molar-refractivity contribution in [2.75, 3.05) is 11.9 Å². The van der Waals surface area contributed by atoms with E-state index in [-0.39, 0.29) is 5.91 Å². The molecule has 1 atom stereocenters. The van der Waals surface area contributed by atoms with Crippen LogP contribution in [0.15, 0.2) is 18.2 Å². The molecule has 4 N–H and O–H groups in total. The fourth-order valence-corrected chi connectivity index (χ4v) is 2.15. The van der Waals surface area contributed by atoms with Gasteiger partial charge in [-0.05, 0) is 43.4 Å². The van der Waals surface area contributed by atoms with Gasteiger partial charge < -0.3 is 16.2 Å². The Morgan fingerprint density at radius 1 is 1.40 bits per heavy atom. The average Bonchev–Trinajstić information content (AvgIpc) is 2.38. The molecule has 0 fully saturated rings. The largest absolute Gasteiger partial charge is 0.505 e. The zero-order valence-corrected chi connectivity index (χ0v) is 12.0. The zero-order valence-electron chi connectivity index (χ0n) is 12.0. The summed E-state index contributed by atoms with van der Waals surface area (Å²) in [6.45, 7) is 4.86. The Kier molecular flexibility index (Phi) is 6.45. The molecule has 5 heteroatoms. The molecule has 0 aliphatic rings. The van der Waals surface area contributed by atoms with Gasteiger partial charge in [-0.25, -0.2) is 4.39 Å². The lowest BCUT2D eigenvalue weighted by Crippen LogP contribution is -2.18. The highest BCUT2D eigenvalue weighted by molar-refractivity contribution is 5.90. The first-order chi connectivity index (χ1) is 9.43. The number of benzene rings is 1. The van der Waals surface area contributed by atoms with Crippen LogP contribution in [0.1, 0.15) is 33.1 Å². The van der Waals surface area contributed by atoms with Crippen LogP contribution in [0.5, 0.6) is 5.75 Å². The monoisotopic (exact) mass is 282 g/mol. The van der Waals surface area contributed by atoms with Gasteiger partial charge in [-0.2, -0.15) is 0 Å². The van der Waals surface area contributed by atoms with Crippen LogP contribution in [0, 0.1) is 17.7 Å². The number of carbonyl (C=O) groups excluding carboxylic acids is 1. The van der Waals surface area contributed by atoms with Crippen molar-refractivity contribution in [3.8, 4) is 5.75 Å². The minimum absolute atomic E-state index is 0.155. The molecule has 1 unspecified atom stereocenters. The molecule has 0 aromatic heterocycles. The van der Waals surface area contributed by atoms with Gasteiger partial charge in [-0.15, -0.1) is 0 Å². The third-order valence-electron chi connectivity index (χ3n) is 3.45. The van der Waals surface area contributed by atoms with Gasteiger partial charge >= 0.3 is 0 Å². The van der Waals surface area contributed by atoms with Crippen LogP contribution in [0.2, 0.25) is 0 Å². The topological polar surface area (TPSA) is 75.4 Å².